The van der Waals surface area contributed by atoms with Crippen molar-refractivity contribution in [3.8, 4) is 50.2 Å². The Kier molecular flexibility index (Phi) is 7.13. The summed E-state index contributed by atoms with van der Waals surface area (Å²) in [4.78, 5) is 0. The molecule has 3 heterocycles. The van der Waals surface area contributed by atoms with Crippen molar-refractivity contribution in [2.75, 3.05) is 0 Å². The van der Waals surface area contributed by atoms with Crippen LogP contribution in [0.2, 0.25) is 0 Å². The number of furan rings is 1. The van der Waals surface area contributed by atoms with Gasteiger partial charge in [0.1, 0.15) is 11.2 Å². The first-order valence-corrected chi connectivity index (χ1v) is 20.2. The molecule has 0 aliphatic carbocycles. The lowest BCUT2D eigenvalue weighted by atomic mass is 9.97. The first-order chi connectivity index (χ1) is 28.2. The van der Waals surface area contributed by atoms with E-state index in [4.69, 9.17) is 4.42 Å². The number of rotatable bonds is 5. The van der Waals surface area contributed by atoms with Crippen LogP contribution in [0, 0.1) is 0 Å². The SMILES string of the molecule is c1ccc(-c2ccc(-c3ccc(-c4ccc(-c5ccc6c(c5)oc5cc(-n7c8ccccc8c8c9sc%10ccccc%10c9ccc87)ccc56)cc4)cc3)cc2)cc1. The van der Waals surface area contributed by atoms with Gasteiger partial charge >= 0.3 is 0 Å². The summed E-state index contributed by atoms with van der Waals surface area (Å²) in [5.41, 5.74) is 14.9. The molecule has 0 unspecified atom stereocenters. The quantitative estimate of drug-likeness (QED) is 0.172. The Labute approximate surface area is 333 Å². The third-order valence-electron chi connectivity index (χ3n) is 11.7. The Bertz CT molecular complexity index is 3480. The van der Waals surface area contributed by atoms with E-state index in [-0.39, 0.29) is 0 Å². The van der Waals surface area contributed by atoms with E-state index in [0.29, 0.717) is 0 Å². The molecule has 0 N–H and O–H groups in total. The van der Waals surface area contributed by atoms with Crippen molar-refractivity contribution in [1.82, 2.24) is 4.57 Å². The van der Waals surface area contributed by atoms with Crippen molar-refractivity contribution in [3.63, 3.8) is 0 Å². The molecule has 2 nitrogen and oxygen atoms in total. The fraction of sp³-hybridized carbons (Fsp3) is 0. The van der Waals surface area contributed by atoms with Crippen LogP contribution in [0.1, 0.15) is 0 Å². The van der Waals surface area contributed by atoms with E-state index in [2.05, 4.69) is 205 Å². The average Bonchev–Trinajstić information content (AvgIpc) is 3.96. The van der Waals surface area contributed by atoms with E-state index in [9.17, 15) is 0 Å². The third-order valence-corrected chi connectivity index (χ3v) is 12.9. The number of nitrogens with zero attached hydrogens (tertiary/aromatic N) is 1. The molecule has 0 bridgehead atoms. The number of thiophene rings is 1. The summed E-state index contributed by atoms with van der Waals surface area (Å²) >= 11 is 1.89. The molecule has 0 saturated carbocycles. The monoisotopic (exact) mass is 743 g/mol. The molecule has 0 fully saturated rings. The Morgan fingerprint density at radius 2 is 0.825 bits per heavy atom. The van der Waals surface area contributed by atoms with Crippen LogP contribution in [-0.4, -0.2) is 4.57 Å². The van der Waals surface area contributed by atoms with Gasteiger partial charge in [-0.3, -0.25) is 0 Å². The number of benzene rings is 9. The lowest BCUT2D eigenvalue weighted by molar-refractivity contribution is 0.669. The highest BCUT2D eigenvalue weighted by atomic mass is 32.1. The average molecular weight is 744 g/mol. The normalized spacial score (nSPS) is 11.9. The molecule has 0 aliphatic rings. The molecule has 12 aromatic rings. The van der Waals surface area contributed by atoms with Gasteiger partial charge < -0.3 is 8.98 Å². The molecular weight excluding hydrogens is 711 g/mol. The van der Waals surface area contributed by atoms with Gasteiger partial charge in [0, 0.05) is 53.5 Å². The van der Waals surface area contributed by atoms with Gasteiger partial charge in [0.15, 0.2) is 0 Å². The van der Waals surface area contributed by atoms with Crippen molar-refractivity contribution in [1.29, 1.82) is 0 Å². The van der Waals surface area contributed by atoms with Crippen molar-refractivity contribution in [2.24, 2.45) is 0 Å². The zero-order valence-electron chi connectivity index (χ0n) is 30.8. The van der Waals surface area contributed by atoms with Gasteiger partial charge in [-0.2, -0.15) is 0 Å². The molecule has 9 aromatic carbocycles. The number of fused-ring (bicyclic) bond motifs is 10. The van der Waals surface area contributed by atoms with Crippen molar-refractivity contribution in [3.05, 3.63) is 200 Å². The van der Waals surface area contributed by atoms with Crippen LogP contribution in [0.3, 0.4) is 0 Å². The van der Waals surface area contributed by atoms with E-state index < -0.39 is 0 Å². The lowest BCUT2D eigenvalue weighted by Gasteiger charge is -2.08. The Morgan fingerprint density at radius 3 is 1.49 bits per heavy atom. The van der Waals surface area contributed by atoms with Crippen LogP contribution in [0.5, 0.6) is 0 Å². The maximum atomic E-state index is 6.65. The van der Waals surface area contributed by atoms with Gasteiger partial charge in [0.05, 0.1) is 11.0 Å². The van der Waals surface area contributed by atoms with Gasteiger partial charge in [0.25, 0.3) is 0 Å². The predicted molar refractivity (Wildman–Crippen MR) is 243 cm³/mol. The molecule has 12 rings (SSSR count). The first kappa shape index (κ1) is 32.1. The molecule has 0 radical (unpaired) electrons. The van der Waals surface area contributed by atoms with Gasteiger partial charge in [-0.1, -0.05) is 152 Å². The standard InChI is InChI=1S/C54H33NOS/c1-2-8-34(9-3-1)35-14-16-36(17-15-35)37-18-20-38(21-19-37)39-22-24-40(25-23-39)41-26-28-43-44-29-27-42(33-51(44)56-50(43)32-41)55-48-12-6-4-11-47(48)53-49(55)31-30-46-45-10-5-7-13-52(45)57-54(46)53/h1-33H. The minimum Gasteiger partial charge on any atom is -0.456 e. The summed E-state index contributed by atoms with van der Waals surface area (Å²) in [6.45, 7) is 0. The highest BCUT2D eigenvalue weighted by Gasteiger charge is 2.18. The summed E-state index contributed by atoms with van der Waals surface area (Å²) < 4.78 is 11.7. The molecule has 0 spiro atoms. The van der Waals surface area contributed by atoms with Crippen molar-refractivity contribution >= 4 is 75.3 Å². The van der Waals surface area contributed by atoms with E-state index in [0.717, 1.165) is 38.8 Å². The van der Waals surface area contributed by atoms with Crippen LogP contribution in [0.25, 0.3) is 114 Å². The Hall–Kier alpha value is -7.20. The van der Waals surface area contributed by atoms with E-state index in [1.165, 1.54) is 75.4 Å². The van der Waals surface area contributed by atoms with Gasteiger partial charge in [0.2, 0.25) is 0 Å². The molecule has 3 aromatic heterocycles. The van der Waals surface area contributed by atoms with Gasteiger partial charge in [-0.05, 0) is 87.0 Å². The minimum absolute atomic E-state index is 0.888. The third kappa shape index (κ3) is 5.17. The maximum Gasteiger partial charge on any atom is 0.137 e. The van der Waals surface area contributed by atoms with Crippen molar-refractivity contribution in [2.45, 2.75) is 0 Å². The molecular formula is C54H33NOS. The van der Waals surface area contributed by atoms with E-state index in [1.807, 2.05) is 11.3 Å². The zero-order valence-corrected chi connectivity index (χ0v) is 31.6. The topological polar surface area (TPSA) is 18.1 Å². The lowest BCUT2D eigenvalue weighted by Crippen LogP contribution is -1.93. The van der Waals surface area contributed by atoms with Gasteiger partial charge in [-0.25, -0.2) is 0 Å². The minimum atomic E-state index is 0.888. The Balaban J connectivity index is 0.853. The molecule has 57 heavy (non-hydrogen) atoms. The summed E-state index contributed by atoms with van der Waals surface area (Å²) in [6, 6.07) is 72.4. The fourth-order valence-corrected chi connectivity index (χ4v) is 10.1. The number of aromatic nitrogens is 1. The maximum absolute atomic E-state index is 6.65. The number of para-hydroxylation sites is 1. The summed E-state index contributed by atoms with van der Waals surface area (Å²) in [6.07, 6.45) is 0. The molecule has 0 aliphatic heterocycles. The van der Waals surface area contributed by atoms with Crippen molar-refractivity contribution < 1.29 is 4.42 Å². The number of hydrogen-bond acceptors (Lipinski definition) is 2. The second kappa shape index (κ2) is 12.7. The van der Waals surface area contributed by atoms with Crippen LogP contribution in [0.4, 0.5) is 0 Å². The number of hydrogen-bond donors (Lipinski definition) is 0. The van der Waals surface area contributed by atoms with Crippen LogP contribution in [-0.2, 0) is 0 Å². The Morgan fingerprint density at radius 1 is 0.333 bits per heavy atom. The molecule has 0 amide bonds. The molecule has 266 valence electrons. The van der Waals surface area contributed by atoms with E-state index in [1.54, 1.807) is 0 Å². The second-order valence-electron chi connectivity index (χ2n) is 14.9. The highest BCUT2D eigenvalue weighted by Crippen LogP contribution is 2.44. The second-order valence-corrected chi connectivity index (χ2v) is 15.9. The summed E-state index contributed by atoms with van der Waals surface area (Å²) in [5, 5.41) is 7.47. The van der Waals surface area contributed by atoms with Gasteiger partial charge in [-0.15, -0.1) is 11.3 Å². The largest absolute Gasteiger partial charge is 0.456 e. The molecule has 0 atom stereocenters. The van der Waals surface area contributed by atoms with E-state index >= 15 is 0 Å². The zero-order chi connectivity index (χ0) is 37.5. The summed E-state index contributed by atoms with van der Waals surface area (Å²) in [5.74, 6) is 0. The predicted octanol–water partition coefficient (Wildman–Crippen LogP) is 15.7. The highest BCUT2D eigenvalue weighted by molar-refractivity contribution is 7.26. The first-order valence-electron chi connectivity index (χ1n) is 19.4. The van der Waals surface area contributed by atoms with Crippen LogP contribution in [0.15, 0.2) is 205 Å². The summed E-state index contributed by atoms with van der Waals surface area (Å²) in [7, 11) is 0. The molecule has 0 saturated heterocycles. The van der Waals surface area contributed by atoms with Crippen LogP contribution >= 0.6 is 11.3 Å². The fourth-order valence-electron chi connectivity index (χ4n) is 8.79. The molecule has 3 heteroatoms. The van der Waals surface area contributed by atoms with Crippen LogP contribution < -0.4 is 0 Å². The smallest absolute Gasteiger partial charge is 0.137 e.